The molecule has 2 heteroatoms. The highest BCUT2D eigenvalue weighted by Gasteiger charge is 2.18. The van der Waals surface area contributed by atoms with Crippen LogP contribution in [0.3, 0.4) is 0 Å². The summed E-state index contributed by atoms with van der Waals surface area (Å²) in [7, 11) is 0. The number of aryl methyl sites for hydroxylation is 2. The second-order valence-corrected chi connectivity index (χ2v) is 8.60. The van der Waals surface area contributed by atoms with Crippen molar-refractivity contribution >= 4 is 11.4 Å². The van der Waals surface area contributed by atoms with Crippen molar-refractivity contribution < 1.29 is 4.79 Å². The molecule has 0 saturated heterocycles. The quantitative estimate of drug-likeness (QED) is 0.132. The fraction of sp³-hybridized carbons (Fsp3) is 0.467. The van der Waals surface area contributed by atoms with Crippen molar-refractivity contribution in [1.82, 2.24) is 0 Å². The lowest BCUT2D eigenvalue weighted by molar-refractivity contribution is 0.00739. The van der Waals surface area contributed by atoms with E-state index in [9.17, 15) is 5.53 Å². The molecule has 0 aromatic heterocycles. The summed E-state index contributed by atoms with van der Waals surface area (Å²) >= 11 is 0. The Labute approximate surface area is 195 Å². The third kappa shape index (κ3) is 7.49. The third-order valence-corrected chi connectivity index (χ3v) is 6.12. The molecule has 0 saturated carbocycles. The maximum atomic E-state index is 9.39. The molecular weight excluding hydrogens is 388 g/mol. The zero-order valence-electron chi connectivity index (χ0n) is 20.6. The minimum atomic E-state index is 0.880. The van der Waals surface area contributed by atoms with Crippen LogP contribution < -0.4 is 0 Å². The fourth-order valence-corrected chi connectivity index (χ4v) is 4.11. The smallest absolute Gasteiger partial charge is 0.303 e. The molecule has 2 rings (SSSR count). The first kappa shape index (κ1) is 25.6. The number of unbranched alkanes of at least 4 members (excludes halogenated alkanes) is 3. The predicted molar refractivity (Wildman–Crippen MR) is 138 cm³/mol. The van der Waals surface area contributed by atoms with Crippen LogP contribution in [0, 0.1) is 0 Å². The summed E-state index contributed by atoms with van der Waals surface area (Å²) in [5.74, 6) is 2.95. The first-order chi connectivity index (χ1) is 15.7. The Morgan fingerprint density at radius 1 is 0.719 bits per heavy atom. The van der Waals surface area contributed by atoms with Crippen molar-refractivity contribution in [2.45, 2.75) is 91.9 Å². The zero-order chi connectivity index (χ0) is 23.2. The number of rotatable bonds is 13. The minimum absolute atomic E-state index is 0.880. The highest BCUT2D eigenvalue weighted by molar-refractivity contribution is 5.87. The van der Waals surface area contributed by atoms with Gasteiger partial charge in [0, 0.05) is 0 Å². The van der Waals surface area contributed by atoms with Gasteiger partial charge < -0.3 is 5.53 Å². The lowest BCUT2D eigenvalue weighted by Crippen LogP contribution is -2.01. The van der Waals surface area contributed by atoms with Crippen LogP contribution in [0.15, 0.2) is 59.7 Å². The molecule has 0 N–H and O–H groups in total. The van der Waals surface area contributed by atoms with Crippen LogP contribution in [0.2, 0.25) is 0 Å². The maximum absolute atomic E-state index is 9.39. The molecule has 2 nitrogen and oxygen atoms in total. The van der Waals surface area contributed by atoms with Gasteiger partial charge in [-0.1, -0.05) is 95.5 Å². The normalized spacial score (nSPS) is 11.5. The monoisotopic (exact) mass is 428 g/mol. The Hall–Kier alpha value is -2.66. The van der Waals surface area contributed by atoms with Gasteiger partial charge in [0.15, 0.2) is 0 Å². The Balaban J connectivity index is 2.70. The molecule has 2 aromatic carbocycles. The van der Waals surface area contributed by atoms with Crippen LogP contribution in [0.1, 0.15) is 101 Å². The van der Waals surface area contributed by atoms with E-state index in [0.717, 1.165) is 56.9 Å². The van der Waals surface area contributed by atoms with Gasteiger partial charge in [-0.25, -0.2) is 0 Å². The van der Waals surface area contributed by atoms with E-state index in [4.69, 9.17) is 0 Å². The molecule has 0 aliphatic carbocycles. The van der Waals surface area contributed by atoms with Crippen LogP contribution >= 0.6 is 0 Å². The first-order valence-electron chi connectivity index (χ1n) is 12.6. The van der Waals surface area contributed by atoms with Gasteiger partial charge in [0.1, 0.15) is 0 Å². The van der Waals surface area contributed by atoms with Crippen molar-refractivity contribution in [3.63, 3.8) is 0 Å². The Morgan fingerprint density at radius 2 is 1.25 bits per heavy atom. The molecule has 0 atom stereocenters. The summed E-state index contributed by atoms with van der Waals surface area (Å²) in [6, 6.07) is 18.1. The summed E-state index contributed by atoms with van der Waals surface area (Å²) in [4.78, 5) is 3.34. The van der Waals surface area contributed by atoms with Crippen molar-refractivity contribution in [3.8, 4) is 0 Å². The number of hydrogen-bond donors (Lipinski definition) is 0. The number of nitrogens with zero attached hydrogens (tertiary/aromatic N) is 2. The maximum Gasteiger partial charge on any atom is 0.303 e. The van der Waals surface area contributed by atoms with E-state index in [2.05, 4.69) is 86.9 Å². The summed E-state index contributed by atoms with van der Waals surface area (Å²) in [6.45, 7) is 8.85. The third-order valence-electron chi connectivity index (χ3n) is 6.12. The van der Waals surface area contributed by atoms with Crippen molar-refractivity contribution in [2.24, 2.45) is 0 Å². The van der Waals surface area contributed by atoms with E-state index in [1.807, 2.05) is 0 Å². The fourth-order valence-electron chi connectivity index (χ4n) is 4.11. The van der Waals surface area contributed by atoms with Crippen LogP contribution in [0.5, 0.6) is 0 Å². The number of hydrogen-bond acceptors (Lipinski definition) is 0. The summed E-state index contributed by atoms with van der Waals surface area (Å²) < 4.78 is 0. The average Bonchev–Trinajstić information content (AvgIpc) is 2.84. The Kier molecular flexibility index (Phi) is 11.5. The van der Waals surface area contributed by atoms with Gasteiger partial charge in [-0.15, -0.1) is 4.79 Å². The van der Waals surface area contributed by atoms with Gasteiger partial charge in [-0.2, -0.15) is 0 Å². The lowest BCUT2D eigenvalue weighted by atomic mass is 9.85. The van der Waals surface area contributed by atoms with Crippen molar-refractivity contribution in [2.75, 3.05) is 0 Å². The van der Waals surface area contributed by atoms with E-state index in [1.165, 1.54) is 46.2 Å². The zero-order valence-corrected chi connectivity index (χ0v) is 20.6. The topological polar surface area (TPSA) is 36.4 Å². The summed E-state index contributed by atoms with van der Waals surface area (Å²) in [5, 5.41) is 0. The molecular formula is C30H40N2. The highest BCUT2D eigenvalue weighted by atomic mass is 14.8. The summed E-state index contributed by atoms with van der Waals surface area (Å²) in [5.41, 5.74) is 18.1. The van der Waals surface area contributed by atoms with Crippen molar-refractivity contribution in [3.05, 3.63) is 87.5 Å². The Morgan fingerprint density at radius 3 is 1.75 bits per heavy atom. The second-order valence-electron chi connectivity index (χ2n) is 8.60. The van der Waals surface area contributed by atoms with Crippen LogP contribution in [0.4, 0.5) is 0 Å². The van der Waals surface area contributed by atoms with Gasteiger partial charge in [0.25, 0.3) is 0 Å². The molecule has 0 aliphatic rings. The SMILES string of the molecule is CCCCC(=C=[N+]=[N-])C(CCCC)=C(c1ccc(CC)cc1)c1ccc(CCCC)cc1. The molecule has 0 unspecified atom stereocenters. The van der Waals surface area contributed by atoms with Crippen LogP contribution in [-0.2, 0) is 12.8 Å². The van der Waals surface area contributed by atoms with E-state index in [0.29, 0.717) is 0 Å². The van der Waals surface area contributed by atoms with Gasteiger partial charge in [-0.3, -0.25) is 0 Å². The number of allylic oxidation sites excluding steroid dienone is 2. The molecule has 0 amide bonds. The van der Waals surface area contributed by atoms with E-state index in [-0.39, 0.29) is 0 Å². The molecule has 0 spiro atoms. The minimum Gasteiger partial charge on any atom is -0.348 e. The largest absolute Gasteiger partial charge is 0.348 e. The second kappa shape index (κ2) is 14.4. The van der Waals surface area contributed by atoms with Gasteiger partial charge in [0.2, 0.25) is 0 Å². The molecule has 170 valence electrons. The highest BCUT2D eigenvalue weighted by Crippen LogP contribution is 2.35. The molecule has 0 bridgehead atoms. The molecule has 32 heavy (non-hydrogen) atoms. The average molecular weight is 429 g/mol. The Bertz CT molecular complexity index is 935. The molecule has 0 radical (unpaired) electrons. The standard InChI is InChI=1S/C30H40N2/c1-5-9-12-25-17-21-27(22-18-25)30(26-19-15-24(8-4)16-20-26)29(14-11-7-3)28(23-32-31)13-10-6-2/h15-22H,5-14H2,1-4H3. The van der Waals surface area contributed by atoms with Crippen LogP contribution in [-0.4, -0.2) is 10.7 Å². The molecule has 0 aliphatic heterocycles. The lowest BCUT2D eigenvalue weighted by Gasteiger charge is -2.18. The van der Waals surface area contributed by atoms with Gasteiger partial charge >= 0.3 is 5.87 Å². The predicted octanol–water partition coefficient (Wildman–Crippen LogP) is 8.60. The first-order valence-corrected chi connectivity index (χ1v) is 12.6. The molecule has 2 aromatic rings. The molecule has 0 fully saturated rings. The van der Waals surface area contributed by atoms with Gasteiger partial charge in [0.05, 0.1) is 5.57 Å². The van der Waals surface area contributed by atoms with E-state index < -0.39 is 0 Å². The summed E-state index contributed by atoms with van der Waals surface area (Å²) in [6.07, 6.45) is 10.8. The van der Waals surface area contributed by atoms with E-state index in [1.54, 1.807) is 0 Å². The van der Waals surface area contributed by atoms with Crippen LogP contribution in [0.25, 0.3) is 11.1 Å². The van der Waals surface area contributed by atoms with E-state index >= 15 is 0 Å². The van der Waals surface area contributed by atoms with Gasteiger partial charge in [-0.05, 0) is 78.3 Å². The van der Waals surface area contributed by atoms with Crippen molar-refractivity contribution in [1.29, 1.82) is 0 Å². The molecule has 0 heterocycles. The number of benzene rings is 2.